The molecule has 224 valence electrons. The summed E-state index contributed by atoms with van der Waals surface area (Å²) in [6.45, 7) is 0. The van der Waals surface area contributed by atoms with Crippen LogP contribution in [-0.2, 0) is 0 Å². The monoisotopic (exact) mass is 611 g/mol. The van der Waals surface area contributed by atoms with Crippen LogP contribution in [0.4, 0.5) is 25.8 Å². The Morgan fingerprint density at radius 2 is 0.915 bits per heavy atom. The predicted octanol–water partition coefficient (Wildman–Crippen LogP) is 11.6. The molecule has 0 saturated heterocycles. The molecule has 3 nitrogen and oxygen atoms in total. The fourth-order valence-corrected chi connectivity index (χ4v) is 7.08. The summed E-state index contributed by atoms with van der Waals surface area (Å²) in [6.07, 6.45) is 0. The van der Waals surface area contributed by atoms with Crippen molar-refractivity contribution in [3.05, 3.63) is 175 Å². The van der Waals surface area contributed by atoms with Crippen LogP contribution in [0.25, 0.3) is 55.0 Å². The summed E-state index contributed by atoms with van der Waals surface area (Å²) in [5.74, 6) is -1.28. The van der Waals surface area contributed by atoms with Gasteiger partial charge < -0.3 is 14.0 Å². The van der Waals surface area contributed by atoms with Crippen LogP contribution >= 0.6 is 0 Å². The minimum Gasteiger partial charge on any atom is -0.309 e. The molecule has 0 fully saturated rings. The number of benzene rings is 7. The third kappa shape index (κ3) is 4.32. The van der Waals surface area contributed by atoms with Crippen molar-refractivity contribution in [2.24, 2.45) is 0 Å². The van der Waals surface area contributed by atoms with E-state index in [0.717, 1.165) is 72.4 Å². The summed E-state index contributed by atoms with van der Waals surface area (Å²) >= 11 is 0. The van der Waals surface area contributed by atoms with Gasteiger partial charge in [-0.25, -0.2) is 8.78 Å². The van der Waals surface area contributed by atoms with E-state index in [1.165, 1.54) is 12.1 Å². The van der Waals surface area contributed by atoms with Gasteiger partial charge in [0.1, 0.15) is 11.6 Å². The maximum Gasteiger partial charge on any atom is 0.128 e. The summed E-state index contributed by atoms with van der Waals surface area (Å²) in [7, 11) is 0. The molecule has 0 unspecified atom stereocenters. The number of halogens is 2. The highest BCUT2D eigenvalue weighted by Gasteiger charge is 2.23. The van der Waals surface area contributed by atoms with Gasteiger partial charge in [0.2, 0.25) is 0 Å². The molecule has 0 spiro atoms. The first-order valence-electron chi connectivity index (χ1n) is 15.6. The van der Waals surface area contributed by atoms with Gasteiger partial charge in [0, 0.05) is 44.7 Å². The Morgan fingerprint density at radius 3 is 1.60 bits per heavy atom. The molecule has 0 bridgehead atoms. The zero-order valence-corrected chi connectivity index (χ0v) is 25.2. The van der Waals surface area contributed by atoms with Crippen LogP contribution in [-0.4, -0.2) is 9.13 Å². The van der Waals surface area contributed by atoms with Gasteiger partial charge in [-0.3, -0.25) is 0 Å². The number of para-hydroxylation sites is 5. The fraction of sp³-hybridized carbons (Fsp3) is 0. The van der Waals surface area contributed by atoms with E-state index in [2.05, 4.69) is 81.9 Å². The van der Waals surface area contributed by atoms with Gasteiger partial charge in [-0.05, 0) is 66.7 Å². The molecular weight excluding hydrogens is 584 g/mol. The summed E-state index contributed by atoms with van der Waals surface area (Å²) in [5, 5.41) is 4.37. The first kappa shape index (κ1) is 27.1. The van der Waals surface area contributed by atoms with Gasteiger partial charge >= 0.3 is 0 Å². The zero-order chi connectivity index (χ0) is 31.5. The lowest BCUT2D eigenvalue weighted by Crippen LogP contribution is -2.12. The number of fused-ring (bicyclic) bond motifs is 6. The molecule has 0 aliphatic heterocycles. The van der Waals surface area contributed by atoms with E-state index in [9.17, 15) is 0 Å². The molecule has 0 aliphatic carbocycles. The molecular formula is C42H27F2N3. The minimum atomic E-state index is -0.639. The summed E-state index contributed by atoms with van der Waals surface area (Å²) in [6, 6.07) is 53.3. The van der Waals surface area contributed by atoms with Gasteiger partial charge in [0.25, 0.3) is 0 Å². The summed E-state index contributed by atoms with van der Waals surface area (Å²) in [4.78, 5) is 1.97. The van der Waals surface area contributed by atoms with Gasteiger partial charge in [0.15, 0.2) is 0 Å². The Balaban J connectivity index is 1.40. The molecule has 0 aliphatic rings. The number of nitrogens with zero attached hydrogens (tertiary/aromatic N) is 3. The largest absolute Gasteiger partial charge is 0.309 e. The maximum atomic E-state index is 15.0. The van der Waals surface area contributed by atoms with Gasteiger partial charge in [-0.15, -0.1) is 0 Å². The topological polar surface area (TPSA) is 13.1 Å². The molecule has 0 amide bonds. The quantitative estimate of drug-likeness (QED) is 0.189. The van der Waals surface area contributed by atoms with E-state index in [1.807, 2.05) is 77.7 Å². The Hall–Kier alpha value is -6.20. The van der Waals surface area contributed by atoms with Gasteiger partial charge in [-0.1, -0.05) is 91.0 Å². The second-order valence-corrected chi connectivity index (χ2v) is 11.7. The highest BCUT2D eigenvalue weighted by atomic mass is 19.1. The van der Waals surface area contributed by atoms with E-state index in [1.54, 1.807) is 0 Å². The lowest BCUT2D eigenvalue weighted by Gasteiger charge is -2.27. The number of hydrogen-bond acceptors (Lipinski definition) is 1. The highest BCUT2D eigenvalue weighted by Crippen LogP contribution is 2.45. The first-order valence-corrected chi connectivity index (χ1v) is 15.6. The zero-order valence-electron chi connectivity index (χ0n) is 25.2. The van der Waals surface area contributed by atoms with Crippen molar-refractivity contribution in [3.63, 3.8) is 0 Å². The number of hydrogen-bond donors (Lipinski definition) is 0. The van der Waals surface area contributed by atoms with E-state index >= 15 is 8.78 Å². The Labute approximate surface area is 269 Å². The lowest BCUT2D eigenvalue weighted by molar-refractivity contribution is 0.584. The Morgan fingerprint density at radius 1 is 0.383 bits per heavy atom. The second-order valence-electron chi connectivity index (χ2n) is 11.7. The molecule has 9 rings (SSSR count). The van der Waals surface area contributed by atoms with E-state index in [0.29, 0.717) is 5.69 Å². The molecule has 47 heavy (non-hydrogen) atoms. The SMILES string of the molecule is Fc1cc(F)cc(N(c2ccc3c4ccccc4n(-c4ccccc4)c3c2)c2cccc3c4ccccc4n(-c4ccccc4)c23)c1. The molecule has 7 aromatic carbocycles. The van der Waals surface area contributed by atoms with Crippen molar-refractivity contribution in [2.45, 2.75) is 0 Å². The number of anilines is 3. The van der Waals surface area contributed by atoms with Crippen molar-refractivity contribution in [3.8, 4) is 11.4 Å². The standard InChI is InChI=1S/C42H27F2N3/c43-28-24-29(44)26-33(25-28)45(32-22-23-36-34-16-7-9-19-38(34)46(41(36)27-32)30-12-3-1-4-13-30)40-21-11-18-37-35-17-8-10-20-39(35)47(42(37)40)31-14-5-2-6-15-31/h1-27H. The van der Waals surface area contributed by atoms with Crippen LogP contribution in [0.2, 0.25) is 0 Å². The maximum absolute atomic E-state index is 15.0. The lowest BCUT2D eigenvalue weighted by atomic mass is 10.1. The predicted molar refractivity (Wildman–Crippen MR) is 190 cm³/mol. The Bertz CT molecular complexity index is 2580. The van der Waals surface area contributed by atoms with E-state index in [4.69, 9.17) is 0 Å². The summed E-state index contributed by atoms with van der Waals surface area (Å²) in [5.41, 5.74) is 8.06. The third-order valence-corrected chi connectivity index (χ3v) is 8.96. The van der Waals surface area contributed by atoms with Crippen LogP contribution < -0.4 is 4.90 Å². The molecule has 0 radical (unpaired) electrons. The van der Waals surface area contributed by atoms with Crippen molar-refractivity contribution in [1.82, 2.24) is 9.13 Å². The van der Waals surface area contributed by atoms with Crippen LogP contribution in [0.5, 0.6) is 0 Å². The van der Waals surface area contributed by atoms with E-state index in [-0.39, 0.29) is 0 Å². The van der Waals surface area contributed by atoms with Crippen LogP contribution in [0.1, 0.15) is 0 Å². The molecule has 2 aromatic heterocycles. The molecule has 5 heteroatoms. The van der Waals surface area contributed by atoms with E-state index < -0.39 is 11.6 Å². The average molecular weight is 612 g/mol. The number of rotatable bonds is 5. The highest BCUT2D eigenvalue weighted by molar-refractivity contribution is 6.15. The van der Waals surface area contributed by atoms with Crippen molar-refractivity contribution >= 4 is 60.7 Å². The molecule has 2 heterocycles. The van der Waals surface area contributed by atoms with Crippen molar-refractivity contribution in [1.29, 1.82) is 0 Å². The first-order chi connectivity index (χ1) is 23.2. The van der Waals surface area contributed by atoms with Crippen molar-refractivity contribution < 1.29 is 8.78 Å². The second kappa shape index (κ2) is 10.7. The van der Waals surface area contributed by atoms with Crippen LogP contribution in [0, 0.1) is 11.6 Å². The Kier molecular flexibility index (Phi) is 6.18. The van der Waals surface area contributed by atoms with Crippen LogP contribution in [0.3, 0.4) is 0 Å². The molecule has 0 N–H and O–H groups in total. The molecule has 0 atom stereocenters. The molecule has 0 saturated carbocycles. The normalized spacial score (nSPS) is 11.6. The third-order valence-electron chi connectivity index (χ3n) is 8.96. The minimum absolute atomic E-state index is 0.390. The molecule has 9 aromatic rings. The van der Waals surface area contributed by atoms with Gasteiger partial charge in [-0.2, -0.15) is 0 Å². The summed E-state index contributed by atoms with van der Waals surface area (Å²) < 4.78 is 34.6. The van der Waals surface area contributed by atoms with Gasteiger partial charge in [0.05, 0.1) is 33.4 Å². The average Bonchev–Trinajstić information content (AvgIpc) is 3.62. The fourth-order valence-electron chi connectivity index (χ4n) is 7.08. The van der Waals surface area contributed by atoms with Crippen LogP contribution in [0.15, 0.2) is 164 Å². The van der Waals surface area contributed by atoms with Crippen molar-refractivity contribution in [2.75, 3.05) is 4.90 Å². The smallest absolute Gasteiger partial charge is 0.128 e. The number of aromatic nitrogens is 2.